The minimum absolute atomic E-state index is 0.420. The van der Waals surface area contributed by atoms with Crippen molar-refractivity contribution in [3.63, 3.8) is 0 Å². The molecule has 2 atom stereocenters. The Morgan fingerprint density at radius 1 is 0.697 bits per heavy atom. The molecule has 4 saturated heterocycles. The summed E-state index contributed by atoms with van der Waals surface area (Å²) in [4.78, 5) is 33.5. The molecule has 14 heterocycles. The average Bonchev–Trinajstić information content (AvgIpc) is 4.33. The van der Waals surface area contributed by atoms with E-state index in [9.17, 15) is 15.6 Å². The second-order valence-electron chi connectivity index (χ2n) is 20.0. The second kappa shape index (κ2) is 18.5. The number of hydrogen-bond donors (Lipinski definition) is 1. The van der Waals surface area contributed by atoms with Crippen LogP contribution >= 0.6 is 0 Å². The van der Waals surface area contributed by atoms with Crippen LogP contribution in [0.15, 0.2) is 129 Å². The third-order valence-corrected chi connectivity index (χ3v) is 15.2. The van der Waals surface area contributed by atoms with E-state index in [1.54, 1.807) is 51.8 Å². The van der Waals surface area contributed by atoms with Gasteiger partial charge in [-0.1, -0.05) is 12.1 Å². The van der Waals surface area contributed by atoms with Gasteiger partial charge in [0, 0.05) is 110 Å². The molecule has 4 aliphatic heterocycles. The zero-order chi connectivity index (χ0) is 51.7. The Labute approximate surface area is 436 Å². The Hall–Kier alpha value is -9.44. The standard InChI is InChI=1S/C55H51N19O2/c1-66-29-41(27-61-66)46-34-71-53(39(20-56)25-62-71)51(64-46)37-8-10-48(58-23-37)68-16-13-55(75,14-17-68)19-43-6-4-5-15-73(43)74-31-42(30-67(74)2)47-35-72-54(40(21-57)26-63-72)52(65-47)38-9-11-49(59-24-38)69-32-44-18-45(33-69)70(44)28-36-7-12-50(76-3)60-22-36/h4-12,15,22-27,29-31,34-35,44-45,75H,13-14,16-19,28,32-33H2,1-3H3/q+2. The van der Waals surface area contributed by atoms with Crippen molar-refractivity contribution in [2.24, 2.45) is 14.1 Å². The minimum atomic E-state index is -0.972. The molecule has 0 aliphatic carbocycles. The lowest BCUT2D eigenvalue weighted by Crippen LogP contribution is -2.72. The van der Waals surface area contributed by atoms with Crippen molar-refractivity contribution in [2.45, 2.75) is 49.9 Å². The zero-order valence-corrected chi connectivity index (χ0v) is 42.0. The molecule has 1 N–H and O–H groups in total. The van der Waals surface area contributed by atoms with Gasteiger partial charge < -0.3 is 19.6 Å². The normalized spacial score (nSPS) is 17.2. The molecular formula is C55H51N19O2+2. The van der Waals surface area contributed by atoms with Crippen molar-refractivity contribution in [3.8, 4) is 63.0 Å². The molecule has 0 spiro atoms. The Morgan fingerprint density at radius 3 is 1.93 bits per heavy atom. The first-order chi connectivity index (χ1) is 37.1. The lowest BCUT2D eigenvalue weighted by atomic mass is 9.86. The van der Waals surface area contributed by atoms with Gasteiger partial charge in [-0.05, 0) is 65.9 Å². The third kappa shape index (κ3) is 8.27. The maximum atomic E-state index is 12.2. The highest BCUT2D eigenvalue weighted by Crippen LogP contribution is 2.37. The van der Waals surface area contributed by atoms with Gasteiger partial charge in [0.25, 0.3) is 6.20 Å². The van der Waals surface area contributed by atoms with Gasteiger partial charge in [0.15, 0.2) is 18.1 Å². The SMILES string of the molecule is COc1ccc(CN2C3CC2CN(c2ccc(-c4nc(-c5cn(C)[n+](-[n+]6ccccc6CC6(O)CCN(c7ccc(-c8nc(-c9cnn(C)c9)cn9ncc(C#N)c89)cn7)CC6)c5)cn5ncc(C#N)c45)cn2)C3)cn1. The maximum absolute atomic E-state index is 12.2. The van der Waals surface area contributed by atoms with Crippen LogP contribution in [0.1, 0.15) is 41.6 Å². The molecule has 21 nitrogen and oxygen atoms in total. The van der Waals surface area contributed by atoms with E-state index in [4.69, 9.17) is 24.7 Å². The van der Waals surface area contributed by atoms with Gasteiger partial charge in [-0.25, -0.2) is 34.0 Å². The summed E-state index contributed by atoms with van der Waals surface area (Å²) in [6.07, 6.45) is 24.6. The molecule has 2 bridgehead atoms. The third-order valence-electron chi connectivity index (χ3n) is 15.2. The van der Waals surface area contributed by atoms with Gasteiger partial charge in [0.05, 0.1) is 66.5 Å². The Kier molecular flexibility index (Phi) is 11.3. The number of aryl methyl sites for hydroxylation is 2. The number of rotatable bonds is 12. The van der Waals surface area contributed by atoms with Gasteiger partial charge >= 0.3 is 0 Å². The monoisotopic (exact) mass is 1010 g/mol. The first kappa shape index (κ1) is 46.4. The summed E-state index contributed by atoms with van der Waals surface area (Å²) in [5, 5.41) is 45.6. The molecule has 21 heteroatoms. The largest absolute Gasteiger partial charge is 0.481 e. The predicted molar refractivity (Wildman–Crippen MR) is 277 cm³/mol. The summed E-state index contributed by atoms with van der Waals surface area (Å²) in [5.74, 6) is 2.33. The van der Waals surface area contributed by atoms with Crippen LogP contribution in [0.2, 0.25) is 0 Å². The fourth-order valence-electron chi connectivity index (χ4n) is 11.2. The van der Waals surface area contributed by atoms with E-state index in [1.165, 1.54) is 12.0 Å². The Morgan fingerprint density at radius 2 is 1.36 bits per heavy atom. The summed E-state index contributed by atoms with van der Waals surface area (Å²) >= 11 is 0. The first-order valence-corrected chi connectivity index (χ1v) is 25.2. The van der Waals surface area contributed by atoms with Crippen molar-refractivity contribution in [1.82, 2.24) is 63.5 Å². The highest BCUT2D eigenvalue weighted by Gasteiger charge is 2.45. The first-order valence-electron chi connectivity index (χ1n) is 25.2. The summed E-state index contributed by atoms with van der Waals surface area (Å²) < 4.78 is 14.4. The molecule has 14 rings (SSSR count). The smallest absolute Gasteiger partial charge is 0.284 e. The number of methoxy groups -OCH3 is 1. The molecule has 10 aromatic heterocycles. The molecule has 0 amide bonds. The van der Waals surface area contributed by atoms with E-state index < -0.39 is 5.60 Å². The van der Waals surface area contributed by atoms with Gasteiger partial charge in [-0.3, -0.25) is 9.58 Å². The quantitative estimate of drug-likeness (QED) is 0.168. The molecule has 10 aromatic rings. The summed E-state index contributed by atoms with van der Waals surface area (Å²) in [7, 11) is 5.45. The van der Waals surface area contributed by atoms with Crippen LogP contribution in [-0.4, -0.2) is 120 Å². The van der Waals surface area contributed by atoms with E-state index in [-0.39, 0.29) is 0 Å². The van der Waals surface area contributed by atoms with Gasteiger partial charge in [-0.2, -0.15) is 25.8 Å². The fourth-order valence-corrected chi connectivity index (χ4v) is 11.2. The van der Waals surface area contributed by atoms with Crippen LogP contribution in [0, 0.1) is 22.7 Å². The molecule has 4 aliphatic rings. The highest BCUT2D eigenvalue weighted by molar-refractivity contribution is 5.84. The topological polar surface area (TPSA) is 216 Å². The number of pyridine rings is 4. The van der Waals surface area contributed by atoms with E-state index in [1.807, 2.05) is 114 Å². The lowest BCUT2D eigenvalue weighted by Gasteiger charge is -2.56. The summed E-state index contributed by atoms with van der Waals surface area (Å²) in [5.41, 5.74) is 8.97. The van der Waals surface area contributed by atoms with Crippen molar-refractivity contribution in [3.05, 3.63) is 151 Å². The highest BCUT2D eigenvalue weighted by atomic mass is 16.5. The van der Waals surface area contributed by atoms with Crippen molar-refractivity contribution >= 4 is 22.7 Å². The molecule has 2 unspecified atom stereocenters. The van der Waals surface area contributed by atoms with Crippen molar-refractivity contribution in [2.75, 3.05) is 43.1 Å². The summed E-state index contributed by atoms with van der Waals surface area (Å²) in [6.45, 7) is 3.85. The number of aliphatic hydroxyl groups is 1. The number of anilines is 2. The summed E-state index contributed by atoms with van der Waals surface area (Å²) in [6, 6.07) is 23.5. The molecule has 0 saturated carbocycles. The number of fused-ring (bicyclic) bond motifs is 4. The lowest BCUT2D eigenvalue weighted by molar-refractivity contribution is -1.33. The van der Waals surface area contributed by atoms with E-state index >= 15 is 0 Å². The Bertz CT molecular complexity index is 3900. The number of nitriles is 2. The van der Waals surface area contributed by atoms with Crippen LogP contribution in [0.4, 0.5) is 11.6 Å². The van der Waals surface area contributed by atoms with Crippen LogP contribution in [0.3, 0.4) is 0 Å². The fraction of sp³-hybridized carbons (Fsp3) is 0.273. The van der Waals surface area contributed by atoms with Crippen LogP contribution in [0.25, 0.3) is 56.1 Å². The van der Waals surface area contributed by atoms with Crippen molar-refractivity contribution in [1.29, 1.82) is 10.5 Å². The number of piperazine rings is 1. The van der Waals surface area contributed by atoms with Crippen LogP contribution in [0.5, 0.6) is 5.88 Å². The second-order valence-corrected chi connectivity index (χ2v) is 20.0. The molecule has 4 fully saturated rings. The zero-order valence-electron chi connectivity index (χ0n) is 42.0. The number of nitrogens with zero attached hydrogens (tertiary/aromatic N) is 19. The number of piperidine rings is 2. The molecule has 76 heavy (non-hydrogen) atoms. The number of hydrogen-bond acceptors (Lipinski definition) is 15. The average molecular weight is 1010 g/mol. The molecule has 0 aromatic carbocycles. The Balaban J connectivity index is 0.708. The van der Waals surface area contributed by atoms with Gasteiger partial charge in [0.1, 0.15) is 63.3 Å². The van der Waals surface area contributed by atoms with Crippen LogP contribution in [-0.2, 0) is 27.1 Å². The van der Waals surface area contributed by atoms with E-state index in [0.29, 0.717) is 95.3 Å². The number of ether oxygens (including phenoxy) is 1. The predicted octanol–water partition coefficient (Wildman–Crippen LogP) is 4.37. The molecule has 376 valence electrons. The maximum Gasteiger partial charge on any atom is 0.284 e. The van der Waals surface area contributed by atoms with Gasteiger partial charge in [0.2, 0.25) is 5.88 Å². The number of aromatic nitrogens is 14. The van der Waals surface area contributed by atoms with Crippen LogP contribution < -0.4 is 24.0 Å². The molecule has 0 radical (unpaired) electrons. The van der Waals surface area contributed by atoms with Gasteiger partial charge in [-0.15, -0.1) is 0 Å². The van der Waals surface area contributed by atoms with E-state index in [2.05, 4.69) is 59.3 Å². The van der Waals surface area contributed by atoms with E-state index in [0.717, 1.165) is 59.2 Å². The van der Waals surface area contributed by atoms with Crippen molar-refractivity contribution < 1.29 is 19.3 Å². The minimum Gasteiger partial charge on any atom is -0.481 e. The molecular weight excluding hydrogens is 959 g/mol.